The van der Waals surface area contributed by atoms with Crippen molar-refractivity contribution >= 4 is 6.29 Å². The third-order valence-corrected chi connectivity index (χ3v) is 6.34. The van der Waals surface area contributed by atoms with E-state index in [-0.39, 0.29) is 6.10 Å². The van der Waals surface area contributed by atoms with Crippen molar-refractivity contribution in [2.75, 3.05) is 0 Å². The largest absolute Gasteiger partial charge is 0.491 e. The van der Waals surface area contributed by atoms with Crippen LogP contribution in [0.15, 0.2) is 18.2 Å². The molecule has 0 N–H and O–H groups in total. The Morgan fingerprint density at radius 1 is 1.13 bits per heavy atom. The van der Waals surface area contributed by atoms with Gasteiger partial charge in [0.2, 0.25) is 0 Å². The van der Waals surface area contributed by atoms with Crippen LogP contribution in [0.4, 0.5) is 0 Å². The zero-order valence-corrected chi connectivity index (χ0v) is 14.4. The number of hydrogen-bond acceptors (Lipinski definition) is 2. The van der Waals surface area contributed by atoms with Crippen molar-refractivity contribution in [3.05, 3.63) is 29.3 Å². The second kappa shape index (κ2) is 5.65. The maximum atomic E-state index is 11.0. The fourth-order valence-corrected chi connectivity index (χ4v) is 6.01. The predicted octanol–water partition coefficient (Wildman–Crippen LogP) is 4.68. The second-order valence-corrected chi connectivity index (χ2v) is 8.57. The SMILES string of the molecule is CC(C)Oc1ccc(CC=O)cc1C12CC3CC(CC(C3)C1)C2. The molecule has 4 aliphatic carbocycles. The predicted molar refractivity (Wildman–Crippen MR) is 91.8 cm³/mol. The summed E-state index contributed by atoms with van der Waals surface area (Å²) >= 11 is 0. The van der Waals surface area contributed by atoms with E-state index < -0.39 is 0 Å². The van der Waals surface area contributed by atoms with Gasteiger partial charge in [-0.25, -0.2) is 0 Å². The van der Waals surface area contributed by atoms with E-state index in [1.807, 2.05) is 0 Å². The zero-order valence-electron chi connectivity index (χ0n) is 14.4. The fourth-order valence-electron chi connectivity index (χ4n) is 6.01. The number of benzene rings is 1. The Morgan fingerprint density at radius 3 is 2.26 bits per heavy atom. The molecule has 1 aromatic carbocycles. The third kappa shape index (κ3) is 2.70. The van der Waals surface area contributed by atoms with Crippen LogP contribution >= 0.6 is 0 Å². The van der Waals surface area contributed by atoms with E-state index in [0.29, 0.717) is 11.8 Å². The Balaban J connectivity index is 1.76. The topological polar surface area (TPSA) is 26.3 Å². The maximum Gasteiger partial charge on any atom is 0.124 e. The first-order valence-electron chi connectivity index (χ1n) is 9.31. The average Bonchev–Trinajstić information content (AvgIpc) is 2.47. The van der Waals surface area contributed by atoms with Crippen LogP contribution in [0.25, 0.3) is 0 Å². The fraction of sp³-hybridized carbons (Fsp3) is 0.667. The molecule has 0 aliphatic heterocycles. The van der Waals surface area contributed by atoms with E-state index in [1.165, 1.54) is 44.1 Å². The molecule has 4 fully saturated rings. The molecule has 0 saturated heterocycles. The van der Waals surface area contributed by atoms with Crippen LogP contribution < -0.4 is 4.74 Å². The van der Waals surface area contributed by atoms with Gasteiger partial charge in [0, 0.05) is 12.0 Å². The van der Waals surface area contributed by atoms with Gasteiger partial charge < -0.3 is 9.53 Å². The molecule has 23 heavy (non-hydrogen) atoms. The number of carbonyl (C=O) groups excluding carboxylic acids is 1. The molecule has 0 spiro atoms. The smallest absolute Gasteiger partial charge is 0.124 e. The van der Waals surface area contributed by atoms with Crippen LogP contribution in [0.2, 0.25) is 0 Å². The summed E-state index contributed by atoms with van der Waals surface area (Å²) in [6.45, 7) is 4.20. The number of hydrogen-bond donors (Lipinski definition) is 0. The van der Waals surface area contributed by atoms with E-state index in [0.717, 1.165) is 35.4 Å². The average molecular weight is 312 g/mol. The lowest BCUT2D eigenvalue weighted by molar-refractivity contribution is -0.107. The first-order valence-corrected chi connectivity index (χ1v) is 9.31. The van der Waals surface area contributed by atoms with E-state index in [9.17, 15) is 4.79 Å². The highest BCUT2D eigenvalue weighted by Gasteiger charge is 2.52. The number of rotatable bonds is 5. The Labute approximate surface area is 139 Å². The summed E-state index contributed by atoms with van der Waals surface area (Å²) in [4.78, 5) is 11.0. The highest BCUT2D eigenvalue weighted by Crippen LogP contribution is 2.62. The van der Waals surface area contributed by atoms with E-state index in [2.05, 4.69) is 32.0 Å². The monoisotopic (exact) mass is 312 g/mol. The van der Waals surface area contributed by atoms with E-state index >= 15 is 0 Å². The van der Waals surface area contributed by atoms with Crippen molar-refractivity contribution in [1.29, 1.82) is 0 Å². The molecular weight excluding hydrogens is 284 g/mol. The molecule has 0 radical (unpaired) electrons. The molecule has 0 atom stereocenters. The summed E-state index contributed by atoms with van der Waals surface area (Å²) in [5.74, 6) is 3.82. The number of ether oxygens (including phenoxy) is 1. The van der Waals surface area contributed by atoms with Crippen molar-refractivity contribution < 1.29 is 9.53 Å². The van der Waals surface area contributed by atoms with Gasteiger partial charge >= 0.3 is 0 Å². The number of aldehydes is 1. The number of carbonyl (C=O) groups is 1. The van der Waals surface area contributed by atoms with Crippen molar-refractivity contribution in [3.63, 3.8) is 0 Å². The van der Waals surface area contributed by atoms with Gasteiger partial charge in [0.1, 0.15) is 12.0 Å². The van der Waals surface area contributed by atoms with Crippen molar-refractivity contribution in [2.45, 2.75) is 70.3 Å². The molecule has 2 nitrogen and oxygen atoms in total. The van der Waals surface area contributed by atoms with Crippen LogP contribution in [0.5, 0.6) is 5.75 Å². The summed E-state index contributed by atoms with van der Waals surface area (Å²) in [6, 6.07) is 6.47. The summed E-state index contributed by atoms with van der Waals surface area (Å²) in [5, 5.41) is 0. The summed E-state index contributed by atoms with van der Waals surface area (Å²) in [5.41, 5.74) is 2.87. The molecule has 1 aromatic rings. The molecule has 0 aromatic heterocycles. The van der Waals surface area contributed by atoms with Gasteiger partial charge in [-0.2, -0.15) is 0 Å². The summed E-state index contributed by atoms with van der Waals surface area (Å²) in [7, 11) is 0. The van der Waals surface area contributed by atoms with Gasteiger partial charge in [0.25, 0.3) is 0 Å². The highest BCUT2D eigenvalue weighted by molar-refractivity contribution is 5.56. The van der Waals surface area contributed by atoms with Crippen molar-refractivity contribution in [3.8, 4) is 5.75 Å². The quantitative estimate of drug-likeness (QED) is 0.738. The van der Waals surface area contributed by atoms with Gasteiger partial charge in [0.15, 0.2) is 0 Å². The van der Waals surface area contributed by atoms with Crippen LogP contribution in [-0.2, 0) is 16.6 Å². The van der Waals surface area contributed by atoms with Crippen LogP contribution in [0.1, 0.15) is 63.5 Å². The minimum Gasteiger partial charge on any atom is -0.491 e. The van der Waals surface area contributed by atoms with Crippen LogP contribution in [0.3, 0.4) is 0 Å². The molecular formula is C21H28O2. The molecule has 2 heteroatoms. The van der Waals surface area contributed by atoms with Crippen LogP contribution in [-0.4, -0.2) is 12.4 Å². The van der Waals surface area contributed by atoms with E-state index in [4.69, 9.17) is 4.74 Å². The molecule has 5 rings (SSSR count). The van der Waals surface area contributed by atoms with Gasteiger partial charge in [0.05, 0.1) is 6.10 Å². The summed E-state index contributed by atoms with van der Waals surface area (Å²) in [6.07, 6.45) is 10.1. The minimum absolute atomic E-state index is 0.194. The Morgan fingerprint density at radius 2 is 1.74 bits per heavy atom. The molecule has 4 bridgehead atoms. The zero-order chi connectivity index (χ0) is 16.0. The van der Waals surface area contributed by atoms with Gasteiger partial charge in [-0.3, -0.25) is 0 Å². The molecule has 0 unspecified atom stereocenters. The standard InChI is InChI=1S/C21H28O2/c1-14(2)23-20-4-3-15(5-6-22)10-19(20)21-11-16-7-17(12-21)9-18(8-16)13-21/h3-4,6,10,14,16-18H,5,7-9,11-13H2,1-2H3. The molecule has 4 saturated carbocycles. The Hall–Kier alpha value is -1.31. The minimum atomic E-state index is 0.194. The first kappa shape index (κ1) is 15.2. The Kier molecular flexibility index (Phi) is 3.74. The lowest BCUT2D eigenvalue weighted by Crippen LogP contribution is -2.48. The normalized spacial score (nSPS) is 34.8. The third-order valence-electron chi connectivity index (χ3n) is 6.34. The van der Waals surface area contributed by atoms with Crippen LogP contribution in [0, 0.1) is 17.8 Å². The molecule has 0 amide bonds. The lowest BCUT2D eigenvalue weighted by atomic mass is 9.48. The molecule has 4 aliphatic rings. The first-order chi connectivity index (χ1) is 11.1. The van der Waals surface area contributed by atoms with Crippen molar-refractivity contribution in [2.24, 2.45) is 17.8 Å². The second-order valence-electron chi connectivity index (χ2n) is 8.57. The van der Waals surface area contributed by atoms with E-state index in [1.54, 1.807) is 0 Å². The van der Waals surface area contributed by atoms with Gasteiger partial charge in [-0.1, -0.05) is 12.1 Å². The Bertz CT molecular complexity index is 567. The maximum absolute atomic E-state index is 11.0. The molecule has 0 heterocycles. The highest BCUT2D eigenvalue weighted by atomic mass is 16.5. The lowest BCUT2D eigenvalue weighted by Gasteiger charge is -2.57. The summed E-state index contributed by atoms with van der Waals surface area (Å²) < 4.78 is 6.18. The van der Waals surface area contributed by atoms with Gasteiger partial charge in [-0.05, 0) is 87.2 Å². The van der Waals surface area contributed by atoms with Crippen molar-refractivity contribution in [1.82, 2.24) is 0 Å². The molecule has 124 valence electrons. The van der Waals surface area contributed by atoms with Gasteiger partial charge in [-0.15, -0.1) is 0 Å².